The molecule has 0 saturated carbocycles. The van der Waals surface area contributed by atoms with Gasteiger partial charge in [-0.05, 0) is 43.2 Å². The van der Waals surface area contributed by atoms with E-state index in [1.807, 2.05) is 26.0 Å². The quantitative estimate of drug-likeness (QED) is 0.898. The van der Waals surface area contributed by atoms with Gasteiger partial charge in [0.05, 0.1) is 11.1 Å². The lowest BCUT2D eigenvalue weighted by atomic mass is 10.1. The van der Waals surface area contributed by atoms with E-state index in [4.69, 9.17) is 5.11 Å². The van der Waals surface area contributed by atoms with Crippen molar-refractivity contribution in [2.45, 2.75) is 13.8 Å². The summed E-state index contributed by atoms with van der Waals surface area (Å²) in [7, 11) is 0. The second-order valence-corrected chi connectivity index (χ2v) is 4.48. The summed E-state index contributed by atoms with van der Waals surface area (Å²) in [6.07, 6.45) is 2.55. The van der Waals surface area contributed by atoms with Crippen LogP contribution < -0.4 is 5.32 Å². The van der Waals surface area contributed by atoms with Crippen LogP contribution in [-0.2, 0) is 0 Å². The van der Waals surface area contributed by atoms with Crippen molar-refractivity contribution in [3.05, 3.63) is 58.9 Å². The van der Waals surface area contributed by atoms with E-state index in [0.717, 1.165) is 17.3 Å². The van der Waals surface area contributed by atoms with E-state index in [9.17, 15) is 9.59 Å². The van der Waals surface area contributed by atoms with Crippen molar-refractivity contribution in [1.82, 2.24) is 4.98 Å². The molecule has 5 nitrogen and oxygen atoms in total. The molecule has 5 heteroatoms. The molecule has 1 aromatic heterocycles. The first-order chi connectivity index (χ1) is 9.49. The van der Waals surface area contributed by atoms with E-state index >= 15 is 0 Å². The van der Waals surface area contributed by atoms with Crippen molar-refractivity contribution in [2.24, 2.45) is 0 Å². The number of rotatable bonds is 3. The molecule has 0 aliphatic rings. The highest BCUT2D eigenvalue weighted by Gasteiger charge is 2.16. The number of benzene rings is 1. The van der Waals surface area contributed by atoms with Gasteiger partial charge < -0.3 is 10.4 Å². The Morgan fingerprint density at radius 1 is 1.10 bits per heavy atom. The number of pyridine rings is 1. The van der Waals surface area contributed by atoms with E-state index in [1.165, 1.54) is 12.3 Å². The number of nitrogens with one attached hydrogen (secondary N) is 1. The largest absolute Gasteiger partial charge is 0.478 e. The van der Waals surface area contributed by atoms with Gasteiger partial charge in [-0.25, -0.2) is 4.79 Å². The third kappa shape index (κ3) is 2.83. The fourth-order valence-corrected chi connectivity index (χ4v) is 1.78. The number of amides is 1. The van der Waals surface area contributed by atoms with Crippen LogP contribution in [0.2, 0.25) is 0 Å². The minimum Gasteiger partial charge on any atom is -0.478 e. The fraction of sp³-hybridized carbons (Fsp3) is 0.133. The third-order valence-corrected chi connectivity index (χ3v) is 3.06. The molecule has 2 N–H and O–H groups in total. The SMILES string of the molecule is Cc1ccc(NC(=O)c2ccncc2C(=O)O)cc1C. The molecule has 0 saturated heterocycles. The van der Waals surface area contributed by atoms with Crippen LogP contribution in [0.3, 0.4) is 0 Å². The van der Waals surface area contributed by atoms with E-state index in [-0.39, 0.29) is 11.1 Å². The van der Waals surface area contributed by atoms with Gasteiger partial charge in [-0.15, -0.1) is 0 Å². The molecular formula is C15H14N2O3. The van der Waals surface area contributed by atoms with Crippen molar-refractivity contribution in [1.29, 1.82) is 0 Å². The van der Waals surface area contributed by atoms with Gasteiger partial charge in [-0.1, -0.05) is 6.07 Å². The maximum Gasteiger partial charge on any atom is 0.338 e. The Morgan fingerprint density at radius 2 is 1.85 bits per heavy atom. The van der Waals surface area contributed by atoms with Crippen LogP contribution in [0.15, 0.2) is 36.7 Å². The van der Waals surface area contributed by atoms with Crippen LogP contribution in [0.5, 0.6) is 0 Å². The topological polar surface area (TPSA) is 79.3 Å². The zero-order valence-electron chi connectivity index (χ0n) is 11.2. The molecule has 0 aliphatic carbocycles. The molecule has 0 fully saturated rings. The Labute approximate surface area is 116 Å². The highest BCUT2D eigenvalue weighted by Crippen LogP contribution is 2.16. The first-order valence-electron chi connectivity index (χ1n) is 6.05. The molecule has 0 radical (unpaired) electrons. The molecule has 2 rings (SSSR count). The summed E-state index contributed by atoms with van der Waals surface area (Å²) >= 11 is 0. The first-order valence-corrected chi connectivity index (χ1v) is 6.05. The number of aromatic nitrogens is 1. The lowest BCUT2D eigenvalue weighted by Gasteiger charge is -2.09. The Kier molecular flexibility index (Phi) is 3.79. The number of nitrogens with zero attached hydrogens (tertiary/aromatic N) is 1. The molecular weight excluding hydrogens is 256 g/mol. The number of aromatic carboxylic acids is 1. The summed E-state index contributed by atoms with van der Waals surface area (Å²) in [5.74, 6) is -1.64. The molecule has 2 aromatic rings. The highest BCUT2D eigenvalue weighted by atomic mass is 16.4. The Balaban J connectivity index is 2.28. The number of carbonyl (C=O) groups excluding carboxylic acids is 1. The highest BCUT2D eigenvalue weighted by molar-refractivity contribution is 6.10. The molecule has 0 unspecified atom stereocenters. The van der Waals surface area contributed by atoms with Gasteiger partial charge in [0.15, 0.2) is 0 Å². The molecule has 102 valence electrons. The van der Waals surface area contributed by atoms with Crippen LogP contribution in [0.25, 0.3) is 0 Å². The summed E-state index contributed by atoms with van der Waals surface area (Å²) in [5.41, 5.74) is 2.78. The van der Waals surface area contributed by atoms with Crippen molar-refractivity contribution >= 4 is 17.6 Å². The molecule has 0 atom stereocenters. The van der Waals surface area contributed by atoms with Gasteiger partial charge in [0, 0.05) is 18.1 Å². The molecule has 0 spiro atoms. The maximum absolute atomic E-state index is 12.1. The number of aryl methyl sites for hydroxylation is 2. The van der Waals surface area contributed by atoms with E-state index in [1.54, 1.807) is 6.07 Å². The van der Waals surface area contributed by atoms with Crippen molar-refractivity contribution < 1.29 is 14.7 Å². The minimum absolute atomic E-state index is 0.0886. The van der Waals surface area contributed by atoms with Crippen LogP contribution in [0.1, 0.15) is 31.8 Å². The smallest absolute Gasteiger partial charge is 0.338 e. The second-order valence-electron chi connectivity index (χ2n) is 4.48. The zero-order valence-corrected chi connectivity index (χ0v) is 11.2. The number of anilines is 1. The van der Waals surface area contributed by atoms with Crippen molar-refractivity contribution in [3.8, 4) is 0 Å². The predicted octanol–water partition coefficient (Wildman–Crippen LogP) is 2.65. The summed E-state index contributed by atoms with van der Waals surface area (Å²) in [6.45, 7) is 3.92. The van der Waals surface area contributed by atoms with Gasteiger partial charge in [0.25, 0.3) is 5.91 Å². The van der Waals surface area contributed by atoms with Gasteiger partial charge in [0.2, 0.25) is 0 Å². The number of hydrogen-bond donors (Lipinski definition) is 2. The van der Waals surface area contributed by atoms with Crippen molar-refractivity contribution in [2.75, 3.05) is 5.32 Å². The van der Waals surface area contributed by atoms with E-state index < -0.39 is 11.9 Å². The number of carboxylic acids is 1. The lowest BCUT2D eigenvalue weighted by Crippen LogP contribution is -2.16. The lowest BCUT2D eigenvalue weighted by molar-refractivity contribution is 0.0692. The second kappa shape index (κ2) is 5.52. The normalized spacial score (nSPS) is 10.1. The summed E-state index contributed by atoms with van der Waals surface area (Å²) < 4.78 is 0. The van der Waals surface area contributed by atoms with Gasteiger partial charge in [-0.2, -0.15) is 0 Å². The average Bonchev–Trinajstić information content (AvgIpc) is 2.43. The average molecular weight is 270 g/mol. The first kappa shape index (κ1) is 13.7. The number of carboxylic acid groups (broad SMARTS) is 1. The Hall–Kier alpha value is -2.69. The molecule has 1 amide bonds. The third-order valence-electron chi connectivity index (χ3n) is 3.06. The van der Waals surface area contributed by atoms with Crippen molar-refractivity contribution in [3.63, 3.8) is 0 Å². The molecule has 0 bridgehead atoms. The standard InChI is InChI=1S/C15H14N2O3/c1-9-3-4-11(7-10(9)2)17-14(18)12-5-6-16-8-13(12)15(19)20/h3-8H,1-2H3,(H,17,18)(H,19,20). The summed E-state index contributed by atoms with van der Waals surface area (Å²) in [6, 6.07) is 6.91. The number of carbonyl (C=O) groups is 2. The Bertz CT molecular complexity index is 681. The van der Waals surface area contributed by atoms with Gasteiger partial charge in [-0.3, -0.25) is 9.78 Å². The van der Waals surface area contributed by atoms with Crippen LogP contribution in [0.4, 0.5) is 5.69 Å². The molecule has 20 heavy (non-hydrogen) atoms. The van der Waals surface area contributed by atoms with Gasteiger partial charge >= 0.3 is 5.97 Å². The van der Waals surface area contributed by atoms with Gasteiger partial charge in [0.1, 0.15) is 0 Å². The van der Waals surface area contributed by atoms with Crippen LogP contribution >= 0.6 is 0 Å². The summed E-state index contributed by atoms with van der Waals surface area (Å²) in [5, 5.41) is 11.7. The molecule has 0 aliphatic heterocycles. The Morgan fingerprint density at radius 3 is 2.50 bits per heavy atom. The monoisotopic (exact) mass is 270 g/mol. The van der Waals surface area contributed by atoms with Crippen LogP contribution in [-0.4, -0.2) is 22.0 Å². The fourth-order valence-electron chi connectivity index (χ4n) is 1.78. The van der Waals surface area contributed by atoms with Crippen LogP contribution in [0, 0.1) is 13.8 Å². The molecule has 1 heterocycles. The predicted molar refractivity (Wildman–Crippen MR) is 75.1 cm³/mol. The minimum atomic E-state index is -1.18. The zero-order chi connectivity index (χ0) is 14.7. The summed E-state index contributed by atoms with van der Waals surface area (Å²) in [4.78, 5) is 26.9. The number of hydrogen-bond acceptors (Lipinski definition) is 3. The molecule has 1 aromatic carbocycles. The van der Waals surface area contributed by atoms with E-state index in [2.05, 4.69) is 10.3 Å². The maximum atomic E-state index is 12.1. The van der Waals surface area contributed by atoms with E-state index in [0.29, 0.717) is 5.69 Å².